The van der Waals surface area contributed by atoms with Crippen molar-refractivity contribution in [3.05, 3.63) is 39.1 Å². The van der Waals surface area contributed by atoms with Crippen LogP contribution in [-0.4, -0.2) is 37.8 Å². The van der Waals surface area contributed by atoms with Crippen molar-refractivity contribution < 1.29 is 28.7 Å². The van der Waals surface area contributed by atoms with E-state index >= 15 is 0 Å². The van der Waals surface area contributed by atoms with Gasteiger partial charge in [-0.15, -0.1) is 0 Å². The summed E-state index contributed by atoms with van der Waals surface area (Å²) in [7, 11) is 2.69. The Hall–Kier alpha value is -3.30. The van der Waals surface area contributed by atoms with Crippen LogP contribution >= 0.6 is 0 Å². The molecule has 2 amide bonds. The molecule has 1 aliphatic heterocycles. The molecule has 0 spiro atoms. The van der Waals surface area contributed by atoms with Gasteiger partial charge in [-0.05, 0) is 13.3 Å². The first-order valence-electron chi connectivity index (χ1n) is 8.75. The number of hydrogen-bond acceptors (Lipinski definition) is 7. The maximum absolute atomic E-state index is 12.6. The molecular weight excluding hydrogens is 370 g/mol. The summed E-state index contributed by atoms with van der Waals surface area (Å²) in [5.41, 5.74) is 0.532. The van der Waals surface area contributed by atoms with Gasteiger partial charge in [0.25, 0.3) is 0 Å². The lowest BCUT2D eigenvalue weighted by Gasteiger charge is -2.30. The summed E-state index contributed by atoms with van der Waals surface area (Å²) >= 11 is 0. The van der Waals surface area contributed by atoms with E-state index in [0.717, 1.165) is 0 Å². The molecule has 0 radical (unpaired) electrons. The minimum atomic E-state index is -0.978. The molecule has 0 saturated heterocycles. The van der Waals surface area contributed by atoms with Crippen LogP contribution in [-0.2, 0) is 9.53 Å². The lowest BCUT2D eigenvalue weighted by molar-refractivity contribution is -0.385. The third-order valence-electron chi connectivity index (χ3n) is 4.19. The van der Waals surface area contributed by atoms with Gasteiger partial charge >= 0.3 is 17.7 Å². The number of ether oxygens (including phenoxy) is 3. The van der Waals surface area contributed by atoms with Gasteiger partial charge in [-0.25, -0.2) is 9.59 Å². The van der Waals surface area contributed by atoms with Crippen LogP contribution in [0.2, 0.25) is 0 Å². The van der Waals surface area contributed by atoms with E-state index in [1.54, 1.807) is 6.92 Å². The predicted molar refractivity (Wildman–Crippen MR) is 99.2 cm³/mol. The number of carbonyl (C=O) groups excluding carboxylic acids is 2. The van der Waals surface area contributed by atoms with Gasteiger partial charge in [-0.3, -0.25) is 10.1 Å². The topological polar surface area (TPSA) is 129 Å². The standard InChI is InChI=1S/C18H23N3O7/c1-5-7-11-15(17(22)28-6-2)16(20-18(23)19-11)10-8-12(21(24)25)14(27-4)9-13(10)26-3/h8-9,16H,5-7H2,1-4H3,(H2,19,20,23). The van der Waals surface area contributed by atoms with Gasteiger partial charge in [-0.2, -0.15) is 0 Å². The van der Waals surface area contributed by atoms with Crippen LogP contribution in [0, 0.1) is 10.1 Å². The highest BCUT2D eigenvalue weighted by atomic mass is 16.6. The van der Waals surface area contributed by atoms with Gasteiger partial charge in [0.15, 0.2) is 0 Å². The van der Waals surface area contributed by atoms with E-state index in [4.69, 9.17) is 14.2 Å². The number of urea groups is 1. The molecule has 10 heteroatoms. The Bertz CT molecular complexity index is 820. The Kier molecular flexibility index (Phi) is 6.80. The van der Waals surface area contributed by atoms with Crippen LogP contribution in [0.25, 0.3) is 0 Å². The Morgan fingerprint density at radius 1 is 1.21 bits per heavy atom. The van der Waals surface area contributed by atoms with E-state index in [1.807, 2.05) is 6.92 Å². The van der Waals surface area contributed by atoms with Gasteiger partial charge in [0.2, 0.25) is 5.75 Å². The molecule has 1 atom stereocenters. The molecule has 0 bridgehead atoms. The maximum atomic E-state index is 12.6. The summed E-state index contributed by atoms with van der Waals surface area (Å²) < 4.78 is 15.6. The number of benzene rings is 1. The fourth-order valence-electron chi connectivity index (χ4n) is 3.02. The molecule has 152 valence electrons. The average Bonchev–Trinajstić information content (AvgIpc) is 2.66. The average molecular weight is 393 g/mol. The van der Waals surface area contributed by atoms with Crippen molar-refractivity contribution in [2.24, 2.45) is 0 Å². The molecule has 28 heavy (non-hydrogen) atoms. The summed E-state index contributed by atoms with van der Waals surface area (Å²) in [6, 6.07) is 1.08. The first-order chi connectivity index (χ1) is 13.4. The Balaban J connectivity index is 2.72. The van der Waals surface area contributed by atoms with E-state index < -0.39 is 23.0 Å². The van der Waals surface area contributed by atoms with Crippen LogP contribution in [0.5, 0.6) is 11.5 Å². The highest BCUT2D eigenvalue weighted by Crippen LogP contribution is 2.41. The Morgan fingerprint density at radius 2 is 1.89 bits per heavy atom. The zero-order chi connectivity index (χ0) is 20.8. The summed E-state index contributed by atoms with van der Waals surface area (Å²) in [5, 5.41) is 16.7. The lowest BCUT2D eigenvalue weighted by Crippen LogP contribution is -2.46. The summed E-state index contributed by atoms with van der Waals surface area (Å²) in [5.74, 6) is -0.391. The zero-order valence-corrected chi connectivity index (χ0v) is 16.2. The van der Waals surface area contributed by atoms with Crippen molar-refractivity contribution in [2.75, 3.05) is 20.8 Å². The van der Waals surface area contributed by atoms with Gasteiger partial charge in [0, 0.05) is 23.4 Å². The second-order valence-electron chi connectivity index (χ2n) is 5.92. The molecule has 2 N–H and O–H groups in total. The van der Waals surface area contributed by atoms with Gasteiger partial charge in [0.1, 0.15) is 5.75 Å². The fourth-order valence-corrected chi connectivity index (χ4v) is 3.02. The third kappa shape index (κ3) is 4.16. The van der Waals surface area contributed by atoms with Crippen LogP contribution in [0.3, 0.4) is 0 Å². The number of methoxy groups -OCH3 is 2. The normalized spacial score (nSPS) is 16.1. The Labute approximate surface area is 162 Å². The molecule has 0 aromatic heterocycles. The Morgan fingerprint density at radius 3 is 2.43 bits per heavy atom. The van der Waals surface area contributed by atoms with Crippen molar-refractivity contribution in [2.45, 2.75) is 32.7 Å². The monoisotopic (exact) mass is 393 g/mol. The SMILES string of the molecule is CCCC1=C(C(=O)OCC)C(c2cc([N+](=O)[O-])c(OC)cc2OC)NC(=O)N1. The molecule has 0 saturated carbocycles. The van der Waals surface area contributed by atoms with E-state index in [2.05, 4.69) is 10.6 Å². The summed E-state index contributed by atoms with van der Waals surface area (Å²) in [6.07, 6.45) is 1.10. The summed E-state index contributed by atoms with van der Waals surface area (Å²) in [6.45, 7) is 3.71. The summed E-state index contributed by atoms with van der Waals surface area (Å²) in [4.78, 5) is 35.7. The molecule has 0 fully saturated rings. The number of nitro groups is 1. The first-order valence-corrected chi connectivity index (χ1v) is 8.75. The van der Waals surface area contributed by atoms with Crippen LogP contribution in [0.4, 0.5) is 10.5 Å². The lowest BCUT2D eigenvalue weighted by atomic mass is 9.92. The number of esters is 1. The fraction of sp³-hybridized carbons (Fsp3) is 0.444. The number of carbonyl (C=O) groups is 2. The van der Waals surface area contributed by atoms with Gasteiger partial charge < -0.3 is 24.8 Å². The highest BCUT2D eigenvalue weighted by Gasteiger charge is 2.36. The second-order valence-corrected chi connectivity index (χ2v) is 5.92. The van der Waals surface area contributed by atoms with Crippen molar-refractivity contribution in [1.82, 2.24) is 10.6 Å². The van der Waals surface area contributed by atoms with Crippen LogP contribution in [0.1, 0.15) is 38.3 Å². The van der Waals surface area contributed by atoms with Crippen molar-refractivity contribution in [3.63, 3.8) is 0 Å². The van der Waals surface area contributed by atoms with E-state index in [1.165, 1.54) is 26.4 Å². The molecule has 1 aliphatic rings. The van der Waals surface area contributed by atoms with Crippen LogP contribution in [0.15, 0.2) is 23.4 Å². The minimum absolute atomic E-state index is 0.00121. The molecule has 10 nitrogen and oxygen atoms in total. The van der Waals surface area contributed by atoms with Gasteiger partial charge in [-0.1, -0.05) is 13.3 Å². The number of allylic oxidation sites excluding steroid dienone is 1. The molecule has 1 heterocycles. The minimum Gasteiger partial charge on any atom is -0.496 e. The molecule has 1 unspecified atom stereocenters. The largest absolute Gasteiger partial charge is 0.496 e. The highest BCUT2D eigenvalue weighted by molar-refractivity contribution is 5.95. The first kappa shape index (κ1) is 21.0. The number of nitrogens with zero attached hydrogens (tertiary/aromatic N) is 1. The second kappa shape index (κ2) is 9.07. The number of nitro benzene ring substituents is 1. The molecule has 1 aromatic carbocycles. The third-order valence-corrected chi connectivity index (χ3v) is 4.19. The van der Waals surface area contributed by atoms with Crippen molar-refractivity contribution in [1.29, 1.82) is 0 Å². The number of hydrogen-bond donors (Lipinski definition) is 2. The zero-order valence-electron chi connectivity index (χ0n) is 16.2. The maximum Gasteiger partial charge on any atom is 0.338 e. The number of rotatable bonds is 8. The molecule has 1 aromatic rings. The van der Waals surface area contributed by atoms with E-state index in [9.17, 15) is 19.7 Å². The number of amides is 2. The van der Waals surface area contributed by atoms with Gasteiger partial charge in [0.05, 0.1) is 37.4 Å². The van der Waals surface area contributed by atoms with Crippen LogP contribution < -0.4 is 20.1 Å². The molecular formula is C18H23N3O7. The number of nitrogens with one attached hydrogen (secondary N) is 2. The molecule has 2 rings (SSSR count). The predicted octanol–water partition coefficient (Wildman–Crippen LogP) is 2.58. The quantitative estimate of drug-likeness (QED) is 0.394. The van der Waals surface area contributed by atoms with E-state index in [-0.39, 0.29) is 34.9 Å². The van der Waals surface area contributed by atoms with E-state index in [0.29, 0.717) is 18.5 Å². The van der Waals surface area contributed by atoms with Crippen molar-refractivity contribution in [3.8, 4) is 11.5 Å². The van der Waals surface area contributed by atoms with Crippen molar-refractivity contribution >= 4 is 17.7 Å². The molecule has 0 aliphatic carbocycles. The smallest absolute Gasteiger partial charge is 0.338 e.